The summed E-state index contributed by atoms with van der Waals surface area (Å²) in [6.45, 7) is 10.4. The average molecular weight is 506 g/mol. The summed E-state index contributed by atoms with van der Waals surface area (Å²) >= 11 is 0. The normalized spacial score (nSPS) is 15.2. The second-order valence-electron chi connectivity index (χ2n) is 9.99. The van der Waals surface area contributed by atoms with Gasteiger partial charge in [0.15, 0.2) is 0 Å². The first-order valence-electron chi connectivity index (χ1n) is 12.4. The lowest BCUT2D eigenvalue weighted by molar-refractivity contribution is -0.147. The molecule has 0 spiro atoms. The van der Waals surface area contributed by atoms with Gasteiger partial charge in [0.2, 0.25) is 11.8 Å². The molecule has 0 heterocycles. The van der Waals surface area contributed by atoms with Crippen LogP contribution in [0, 0.1) is 6.92 Å². The van der Waals surface area contributed by atoms with E-state index in [1.807, 2.05) is 0 Å². The lowest BCUT2D eigenvalue weighted by Crippen LogP contribution is -2.56. The van der Waals surface area contributed by atoms with Gasteiger partial charge in [0, 0.05) is 12.6 Å². The van der Waals surface area contributed by atoms with Crippen LogP contribution in [0.15, 0.2) is 18.2 Å². The third kappa shape index (κ3) is 8.13. The second-order valence-corrected chi connectivity index (χ2v) is 9.99. The Morgan fingerprint density at radius 1 is 1.19 bits per heavy atom. The first-order chi connectivity index (χ1) is 16.8. The van der Waals surface area contributed by atoms with Crippen LogP contribution in [-0.2, 0) is 23.9 Å². The number of phenolic OH excluding ortho intramolecular Hbond substituents is 1. The number of rotatable bonds is 10. The minimum atomic E-state index is -1.02. The van der Waals surface area contributed by atoms with E-state index in [1.54, 1.807) is 53.7 Å². The van der Waals surface area contributed by atoms with Crippen molar-refractivity contribution in [3.8, 4) is 5.75 Å². The Hall–Kier alpha value is -3.30. The van der Waals surface area contributed by atoms with Crippen LogP contribution in [0.25, 0.3) is 0 Å². The van der Waals surface area contributed by atoms with Crippen LogP contribution in [0.1, 0.15) is 77.5 Å². The predicted octanol–water partition coefficient (Wildman–Crippen LogP) is 3.11. The van der Waals surface area contributed by atoms with E-state index in [0.29, 0.717) is 24.0 Å². The van der Waals surface area contributed by atoms with Crippen molar-refractivity contribution in [2.45, 2.75) is 91.0 Å². The molecule has 200 valence electrons. The Morgan fingerprint density at radius 2 is 1.86 bits per heavy atom. The van der Waals surface area contributed by atoms with E-state index in [1.165, 1.54) is 11.0 Å². The molecule has 36 heavy (non-hydrogen) atoms. The highest BCUT2D eigenvalue weighted by Gasteiger charge is 2.41. The van der Waals surface area contributed by atoms with E-state index >= 15 is 0 Å². The van der Waals surface area contributed by atoms with Crippen LogP contribution >= 0.6 is 0 Å². The number of aryl methyl sites for hydroxylation is 1. The summed E-state index contributed by atoms with van der Waals surface area (Å²) in [7, 11) is 0. The minimum Gasteiger partial charge on any atom is -0.508 e. The van der Waals surface area contributed by atoms with Gasteiger partial charge >= 0.3 is 12.1 Å². The highest BCUT2D eigenvalue weighted by Crippen LogP contribution is 2.35. The van der Waals surface area contributed by atoms with Gasteiger partial charge in [0.05, 0.1) is 13.0 Å². The molecule has 0 saturated heterocycles. The molecule has 3 amide bonds. The smallest absolute Gasteiger partial charge is 0.408 e. The van der Waals surface area contributed by atoms with Crippen molar-refractivity contribution in [1.29, 1.82) is 0 Å². The Bertz CT molecular complexity index is 953. The Kier molecular flexibility index (Phi) is 10.1. The number of nitrogens with one attached hydrogen (secondary N) is 2. The van der Waals surface area contributed by atoms with E-state index in [-0.39, 0.29) is 31.4 Å². The molecule has 1 aliphatic rings. The van der Waals surface area contributed by atoms with Gasteiger partial charge in [-0.05, 0) is 84.1 Å². The molecule has 1 fully saturated rings. The van der Waals surface area contributed by atoms with Crippen molar-refractivity contribution in [1.82, 2.24) is 15.5 Å². The Morgan fingerprint density at radius 3 is 2.39 bits per heavy atom. The van der Waals surface area contributed by atoms with Crippen LogP contribution in [0.2, 0.25) is 0 Å². The van der Waals surface area contributed by atoms with Crippen molar-refractivity contribution in [2.24, 2.45) is 0 Å². The highest BCUT2D eigenvalue weighted by molar-refractivity contribution is 5.92. The maximum absolute atomic E-state index is 13.7. The van der Waals surface area contributed by atoms with Gasteiger partial charge in [-0.15, -0.1) is 0 Å². The fourth-order valence-corrected chi connectivity index (χ4v) is 3.86. The Balaban J connectivity index is 2.34. The topological polar surface area (TPSA) is 134 Å². The monoisotopic (exact) mass is 505 g/mol. The zero-order valence-electron chi connectivity index (χ0n) is 22.1. The molecule has 0 aromatic heterocycles. The van der Waals surface area contributed by atoms with Gasteiger partial charge in [-0.1, -0.05) is 6.07 Å². The number of esters is 1. The summed E-state index contributed by atoms with van der Waals surface area (Å²) in [5.41, 5.74) is 0.340. The summed E-state index contributed by atoms with van der Waals surface area (Å²) < 4.78 is 10.2. The first-order valence-corrected chi connectivity index (χ1v) is 12.4. The molecule has 2 unspecified atom stereocenters. The number of hydrogen-bond donors (Lipinski definition) is 3. The predicted molar refractivity (Wildman–Crippen MR) is 133 cm³/mol. The quantitative estimate of drug-likeness (QED) is 0.416. The molecule has 1 saturated carbocycles. The number of amides is 3. The molecular weight excluding hydrogens is 466 g/mol. The van der Waals surface area contributed by atoms with Gasteiger partial charge in [0.25, 0.3) is 0 Å². The highest BCUT2D eigenvalue weighted by atomic mass is 16.6. The van der Waals surface area contributed by atoms with Crippen LogP contribution in [-0.4, -0.2) is 64.7 Å². The fraction of sp³-hybridized carbons (Fsp3) is 0.615. The number of hydrogen-bond acceptors (Lipinski definition) is 7. The van der Waals surface area contributed by atoms with E-state index in [2.05, 4.69) is 10.6 Å². The molecule has 1 aromatic rings. The van der Waals surface area contributed by atoms with Crippen molar-refractivity contribution >= 4 is 23.9 Å². The molecule has 1 aromatic carbocycles. The number of phenols is 1. The van der Waals surface area contributed by atoms with E-state index < -0.39 is 41.6 Å². The van der Waals surface area contributed by atoms with E-state index in [9.17, 15) is 24.3 Å². The van der Waals surface area contributed by atoms with Gasteiger partial charge in [-0.3, -0.25) is 14.4 Å². The fourth-order valence-electron chi connectivity index (χ4n) is 3.86. The van der Waals surface area contributed by atoms with Crippen LogP contribution in [0.3, 0.4) is 0 Å². The van der Waals surface area contributed by atoms with Crippen molar-refractivity contribution in [2.75, 3.05) is 13.2 Å². The third-order valence-corrected chi connectivity index (χ3v) is 5.82. The molecule has 10 nitrogen and oxygen atoms in total. The zero-order chi connectivity index (χ0) is 27.0. The largest absolute Gasteiger partial charge is 0.508 e. The maximum atomic E-state index is 13.7. The van der Waals surface area contributed by atoms with Gasteiger partial charge < -0.3 is 30.1 Å². The molecule has 2 rings (SSSR count). The molecule has 0 bridgehead atoms. The molecule has 3 N–H and O–H groups in total. The van der Waals surface area contributed by atoms with E-state index in [0.717, 1.165) is 6.42 Å². The summed E-state index contributed by atoms with van der Waals surface area (Å²) in [6.07, 6.45) is 1.61. The number of carbonyl (C=O) groups excluding carboxylic acids is 4. The minimum absolute atomic E-state index is 0.00508. The number of nitrogens with zero attached hydrogens (tertiary/aromatic N) is 1. The van der Waals surface area contributed by atoms with Crippen molar-refractivity contribution in [3.05, 3.63) is 29.3 Å². The average Bonchev–Trinajstić information content (AvgIpc) is 2.72. The summed E-state index contributed by atoms with van der Waals surface area (Å²) in [5.74, 6) is -1.26. The first kappa shape index (κ1) is 28.9. The van der Waals surface area contributed by atoms with Crippen LogP contribution < -0.4 is 10.6 Å². The second kappa shape index (κ2) is 12.6. The number of ether oxygens (including phenoxy) is 2. The van der Waals surface area contributed by atoms with Gasteiger partial charge in [-0.2, -0.15) is 0 Å². The summed E-state index contributed by atoms with van der Waals surface area (Å²) in [5, 5.41) is 15.3. The van der Waals surface area contributed by atoms with Crippen molar-refractivity contribution in [3.63, 3.8) is 0 Å². The van der Waals surface area contributed by atoms with Gasteiger partial charge in [0.1, 0.15) is 23.4 Å². The number of alkyl carbamates (subject to hydrolysis) is 1. The maximum Gasteiger partial charge on any atom is 0.408 e. The summed E-state index contributed by atoms with van der Waals surface area (Å²) in [6, 6.07) is 2.57. The molecule has 2 atom stereocenters. The molecule has 1 aliphatic carbocycles. The third-order valence-electron chi connectivity index (χ3n) is 5.82. The molecule has 0 radical (unpaired) electrons. The number of carbonyl (C=O) groups is 4. The standard InChI is InChI=1S/C26H39N3O7/c1-7-35-21(31)13-14-27-23(32)22(18-11-12-20(30)16(2)15-18)29(19-9-8-10-19)24(33)17(3)28-25(34)36-26(4,5)6/h11-12,15,17,19,22,30H,7-10,13-14H2,1-6H3,(H,27,32)(H,28,34). The lowest BCUT2D eigenvalue weighted by Gasteiger charge is -2.43. The SMILES string of the molecule is CCOC(=O)CCNC(=O)C(c1ccc(O)c(C)c1)N(C(=O)C(C)NC(=O)OC(C)(C)C)C1CCC1. The molecule has 0 aliphatic heterocycles. The number of aromatic hydroxyl groups is 1. The molecular formula is C26H39N3O7. The Labute approximate surface area is 212 Å². The lowest BCUT2D eigenvalue weighted by atomic mass is 9.88. The van der Waals surface area contributed by atoms with Gasteiger partial charge in [-0.25, -0.2) is 4.79 Å². The zero-order valence-corrected chi connectivity index (χ0v) is 22.1. The molecule has 10 heteroatoms. The van der Waals surface area contributed by atoms with E-state index in [4.69, 9.17) is 9.47 Å². The van der Waals surface area contributed by atoms with Crippen LogP contribution in [0.5, 0.6) is 5.75 Å². The van der Waals surface area contributed by atoms with Crippen LogP contribution in [0.4, 0.5) is 4.79 Å². The van der Waals surface area contributed by atoms with Crippen molar-refractivity contribution < 1.29 is 33.8 Å². The number of benzene rings is 1. The summed E-state index contributed by atoms with van der Waals surface area (Å²) in [4.78, 5) is 52.7.